The van der Waals surface area contributed by atoms with Gasteiger partial charge in [0.2, 0.25) is 0 Å². The number of piperidine rings is 3. The van der Waals surface area contributed by atoms with E-state index in [2.05, 4.69) is 63.6 Å². The lowest BCUT2D eigenvalue weighted by Crippen LogP contribution is -2.55. The van der Waals surface area contributed by atoms with E-state index in [0.717, 1.165) is 71.1 Å². The Morgan fingerprint density at radius 1 is 0.921 bits per heavy atom. The van der Waals surface area contributed by atoms with Crippen LogP contribution < -0.4 is 5.32 Å². The summed E-state index contributed by atoms with van der Waals surface area (Å²) in [4.78, 5) is 4.79. The van der Waals surface area contributed by atoms with Crippen LogP contribution in [0, 0.1) is 29.1 Å². The maximum Gasteiger partial charge on any atom is 0.116 e. The van der Waals surface area contributed by atoms with Crippen molar-refractivity contribution in [2.24, 2.45) is 29.1 Å². The Morgan fingerprint density at radius 2 is 1.66 bits per heavy atom. The van der Waals surface area contributed by atoms with E-state index in [-0.39, 0.29) is 22.9 Å². The van der Waals surface area contributed by atoms with Crippen molar-refractivity contribution in [1.82, 2.24) is 15.1 Å². The molecule has 38 heavy (non-hydrogen) atoms. The highest BCUT2D eigenvalue weighted by molar-refractivity contribution is 4.95. The molecule has 0 bridgehead atoms. The summed E-state index contributed by atoms with van der Waals surface area (Å²) in [5, 5.41) is 3.74. The summed E-state index contributed by atoms with van der Waals surface area (Å²) in [6.07, 6.45) is 7.36. The molecule has 1 aliphatic carbocycles. The van der Waals surface area contributed by atoms with E-state index in [1.54, 1.807) is 0 Å². The van der Waals surface area contributed by atoms with Crippen LogP contribution in [0.3, 0.4) is 0 Å². The Kier molecular flexibility index (Phi) is 10.2. The fraction of sp³-hybridized carbons (Fsp3) is 1.00. The molecule has 0 aromatic heterocycles. The minimum absolute atomic E-state index is 0.0918. The number of halogens is 2. The van der Waals surface area contributed by atoms with Crippen molar-refractivity contribution < 1.29 is 13.5 Å². The number of rotatable bonds is 8. The van der Waals surface area contributed by atoms with Gasteiger partial charge in [0.1, 0.15) is 12.3 Å². The summed E-state index contributed by atoms with van der Waals surface area (Å²) in [5.41, 5.74) is 0.109. The van der Waals surface area contributed by atoms with E-state index in [1.165, 1.54) is 6.42 Å². The van der Waals surface area contributed by atoms with Gasteiger partial charge in [0.15, 0.2) is 0 Å². The van der Waals surface area contributed by atoms with E-state index in [0.29, 0.717) is 43.1 Å². The number of ether oxygens (including phenoxy) is 1. The van der Waals surface area contributed by atoms with Crippen molar-refractivity contribution in [1.29, 1.82) is 0 Å². The Hall–Kier alpha value is -0.300. The third kappa shape index (κ3) is 8.85. The van der Waals surface area contributed by atoms with Gasteiger partial charge in [0.05, 0.1) is 11.7 Å². The maximum absolute atomic E-state index is 15.4. The van der Waals surface area contributed by atoms with Gasteiger partial charge in [0, 0.05) is 31.7 Å². The molecule has 1 N–H and O–H groups in total. The molecule has 3 saturated heterocycles. The number of hydrogen-bond acceptors (Lipinski definition) is 4. The molecule has 3 heterocycles. The van der Waals surface area contributed by atoms with Crippen LogP contribution in [0.25, 0.3) is 0 Å². The zero-order valence-electron chi connectivity index (χ0n) is 25.7. The Labute approximate surface area is 233 Å². The molecule has 4 fully saturated rings. The highest BCUT2D eigenvalue weighted by atomic mass is 19.1. The van der Waals surface area contributed by atoms with Crippen molar-refractivity contribution in [3.63, 3.8) is 0 Å². The first-order valence-corrected chi connectivity index (χ1v) is 15.9. The number of alkyl halides is 2. The van der Waals surface area contributed by atoms with Crippen LogP contribution in [0.5, 0.6) is 0 Å². The van der Waals surface area contributed by atoms with Crippen molar-refractivity contribution in [2.75, 3.05) is 39.3 Å². The molecule has 4 rings (SSSR count). The monoisotopic (exact) mass is 539 g/mol. The SMILES string of the molecule is C[C@H](CC1CC(CN2CCC(CC(C)(C)C)C(F)C2)CCN1)[C@@H]1CCN(C2CC(OC(C)(C)C)C2)C[C@@H]1F. The van der Waals surface area contributed by atoms with E-state index in [9.17, 15) is 4.39 Å². The van der Waals surface area contributed by atoms with Crippen LogP contribution in [-0.4, -0.2) is 85.2 Å². The average molecular weight is 540 g/mol. The van der Waals surface area contributed by atoms with E-state index < -0.39 is 12.3 Å². The predicted molar refractivity (Wildman–Crippen MR) is 154 cm³/mol. The van der Waals surface area contributed by atoms with Gasteiger partial charge < -0.3 is 15.0 Å². The summed E-state index contributed by atoms with van der Waals surface area (Å²) in [6, 6.07) is 0.968. The van der Waals surface area contributed by atoms with E-state index >= 15 is 4.39 Å². The van der Waals surface area contributed by atoms with Gasteiger partial charge in [-0.05, 0) is 121 Å². The molecule has 6 heteroatoms. The molecule has 3 aliphatic heterocycles. The predicted octanol–water partition coefficient (Wildman–Crippen LogP) is 6.48. The topological polar surface area (TPSA) is 27.7 Å². The molecule has 0 aromatic rings. The lowest BCUT2D eigenvalue weighted by Gasteiger charge is -2.48. The average Bonchev–Trinajstić information content (AvgIpc) is 2.76. The minimum atomic E-state index is -0.725. The van der Waals surface area contributed by atoms with Crippen molar-refractivity contribution in [2.45, 2.75) is 136 Å². The van der Waals surface area contributed by atoms with Crippen LogP contribution in [0.1, 0.15) is 99.8 Å². The molecule has 1 saturated carbocycles. The molecule has 7 atom stereocenters. The van der Waals surface area contributed by atoms with Crippen molar-refractivity contribution in [3.8, 4) is 0 Å². The largest absolute Gasteiger partial charge is 0.373 e. The molecule has 4 aliphatic rings. The summed E-state index contributed by atoms with van der Waals surface area (Å²) in [7, 11) is 0. The van der Waals surface area contributed by atoms with Crippen LogP contribution >= 0.6 is 0 Å². The first kappa shape index (κ1) is 30.7. The van der Waals surface area contributed by atoms with Gasteiger partial charge in [-0.3, -0.25) is 4.90 Å². The van der Waals surface area contributed by atoms with E-state index in [4.69, 9.17) is 4.74 Å². The summed E-state index contributed by atoms with van der Waals surface area (Å²) >= 11 is 0. The third-order valence-corrected chi connectivity index (χ3v) is 9.87. The zero-order chi connectivity index (χ0) is 27.7. The van der Waals surface area contributed by atoms with Crippen LogP contribution in [-0.2, 0) is 4.74 Å². The first-order chi connectivity index (χ1) is 17.8. The van der Waals surface area contributed by atoms with Crippen LogP contribution in [0.2, 0.25) is 0 Å². The molecule has 0 amide bonds. The van der Waals surface area contributed by atoms with Gasteiger partial charge in [-0.15, -0.1) is 0 Å². The number of nitrogens with one attached hydrogen (secondary N) is 1. The molecule has 222 valence electrons. The molecular weight excluding hydrogens is 480 g/mol. The standard InChI is InChI=1S/C32H59F2N3O/c1-22(28-10-13-37(21-30(28)34)26-16-27(17-26)38-32(5,6)7)14-25-15-23(8-11-35-25)19-36-12-9-24(29(33)20-36)18-31(2,3)4/h22-30,35H,8-21H2,1-7H3/t22-,23?,24?,25?,26?,27?,28+,29?,30+/m1/s1. The van der Waals surface area contributed by atoms with Gasteiger partial charge in [-0.1, -0.05) is 27.7 Å². The van der Waals surface area contributed by atoms with E-state index in [1.807, 2.05) is 0 Å². The zero-order valence-corrected chi connectivity index (χ0v) is 25.7. The van der Waals surface area contributed by atoms with Gasteiger partial charge in [-0.25, -0.2) is 8.78 Å². The lowest BCUT2D eigenvalue weighted by molar-refractivity contribution is -0.127. The highest BCUT2D eigenvalue weighted by Crippen LogP contribution is 2.38. The van der Waals surface area contributed by atoms with Gasteiger partial charge in [0.25, 0.3) is 0 Å². The molecule has 0 aromatic carbocycles. The van der Waals surface area contributed by atoms with Gasteiger partial charge >= 0.3 is 0 Å². The Morgan fingerprint density at radius 3 is 2.29 bits per heavy atom. The second kappa shape index (κ2) is 12.7. The second-order valence-corrected chi connectivity index (χ2v) is 15.8. The summed E-state index contributed by atoms with van der Waals surface area (Å²) < 4.78 is 36.5. The Balaban J connectivity index is 1.17. The summed E-state index contributed by atoms with van der Waals surface area (Å²) in [5.74, 6) is 1.41. The number of hydrogen-bond donors (Lipinski definition) is 1. The fourth-order valence-corrected chi connectivity index (χ4v) is 7.98. The third-order valence-electron chi connectivity index (χ3n) is 9.87. The molecule has 4 unspecified atom stereocenters. The normalized spacial score (nSPS) is 39.1. The maximum atomic E-state index is 15.4. The first-order valence-electron chi connectivity index (χ1n) is 15.9. The molecule has 4 nitrogen and oxygen atoms in total. The number of nitrogens with zero attached hydrogens (tertiary/aromatic N) is 2. The quantitative estimate of drug-likeness (QED) is 0.382. The smallest absolute Gasteiger partial charge is 0.116 e. The number of likely N-dealkylation sites (tertiary alicyclic amines) is 2. The molecule has 0 spiro atoms. The summed E-state index contributed by atoms with van der Waals surface area (Å²) in [6.45, 7) is 20.6. The fourth-order valence-electron chi connectivity index (χ4n) is 7.98. The van der Waals surface area contributed by atoms with Crippen LogP contribution in [0.4, 0.5) is 8.78 Å². The van der Waals surface area contributed by atoms with Crippen molar-refractivity contribution in [3.05, 3.63) is 0 Å². The van der Waals surface area contributed by atoms with Crippen LogP contribution in [0.15, 0.2) is 0 Å². The Bertz CT molecular complexity index is 731. The van der Waals surface area contributed by atoms with Gasteiger partial charge in [-0.2, -0.15) is 0 Å². The lowest BCUT2D eigenvalue weighted by atomic mass is 9.77. The van der Waals surface area contributed by atoms with Crippen molar-refractivity contribution >= 4 is 0 Å². The highest BCUT2D eigenvalue weighted by Gasteiger charge is 2.42. The minimum Gasteiger partial charge on any atom is -0.373 e. The second-order valence-electron chi connectivity index (χ2n) is 15.8. The molecular formula is C32H59F2N3O. The molecule has 0 radical (unpaired) electrons.